The number of fused-ring (bicyclic) bond motifs is 1. The van der Waals surface area contributed by atoms with Crippen molar-refractivity contribution in [1.82, 2.24) is 4.98 Å². The maximum atomic E-state index is 12.1. The first kappa shape index (κ1) is 17.4. The number of carbonyl (C=O) groups is 2. The average molecular weight is 374 g/mol. The molecule has 0 bridgehead atoms. The van der Waals surface area contributed by atoms with Gasteiger partial charge in [-0.1, -0.05) is 29.8 Å². The predicted molar refractivity (Wildman–Crippen MR) is 95.3 cm³/mol. The van der Waals surface area contributed by atoms with Crippen molar-refractivity contribution in [2.75, 3.05) is 11.9 Å². The van der Waals surface area contributed by atoms with Crippen molar-refractivity contribution in [3.63, 3.8) is 0 Å². The number of aromatic nitrogens is 1. The summed E-state index contributed by atoms with van der Waals surface area (Å²) in [5, 5.41) is 13.8. The quantitative estimate of drug-likeness (QED) is 0.403. The Labute approximate surface area is 151 Å². The number of carbonyl (C=O) groups excluding carboxylic acids is 2. The molecular formula is C17H12ClN3O5. The maximum absolute atomic E-state index is 12.1. The van der Waals surface area contributed by atoms with E-state index in [1.807, 2.05) is 12.1 Å². The topological polar surface area (TPSA) is 114 Å². The molecular weight excluding hydrogens is 362 g/mol. The first-order valence-electron chi connectivity index (χ1n) is 7.43. The highest BCUT2D eigenvalue weighted by Crippen LogP contribution is 2.26. The number of esters is 1. The molecule has 0 saturated carbocycles. The van der Waals surface area contributed by atoms with Gasteiger partial charge in [-0.2, -0.15) is 0 Å². The number of nitrogens with zero attached hydrogens (tertiary/aromatic N) is 1. The second-order valence-corrected chi connectivity index (χ2v) is 5.70. The number of amides is 1. The Morgan fingerprint density at radius 3 is 2.73 bits per heavy atom. The Morgan fingerprint density at radius 2 is 2.00 bits per heavy atom. The molecule has 26 heavy (non-hydrogen) atoms. The lowest BCUT2D eigenvalue weighted by atomic mass is 10.2. The van der Waals surface area contributed by atoms with Crippen LogP contribution in [0.1, 0.15) is 10.4 Å². The van der Waals surface area contributed by atoms with Crippen molar-refractivity contribution in [2.45, 2.75) is 0 Å². The van der Waals surface area contributed by atoms with Crippen LogP contribution < -0.4 is 5.32 Å². The molecule has 2 aromatic carbocycles. The van der Waals surface area contributed by atoms with Gasteiger partial charge < -0.3 is 15.0 Å². The third kappa shape index (κ3) is 3.65. The van der Waals surface area contributed by atoms with E-state index in [0.717, 1.165) is 11.6 Å². The fourth-order valence-electron chi connectivity index (χ4n) is 2.35. The number of halogens is 1. The van der Waals surface area contributed by atoms with Gasteiger partial charge in [-0.15, -0.1) is 0 Å². The molecule has 0 saturated heterocycles. The molecule has 1 aromatic heterocycles. The van der Waals surface area contributed by atoms with Gasteiger partial charge in [-0.3, -0.25) is 14.9 Å². The summed E-state index contributed by atoms with van der Waals surface area (Å²) in [7, 11) is 0. The van der Waals surface area contributed by atoms with Gasteiger partial charge in [0.05, 0.1) is 21.2 Å². The highest BCUT2D eigenvalue weighted by atomic mass is 35.5. The number of ether oxygens (including phenoxy) is 1. The lowest BCUT2D eigenvalue weighted by Gasteiger charge is -2.07. The number of hydrogen-bond donors (Lipinski definition) is 2. The van der Waals surface area contributed by atoms with Crippen LogP contribution in [0.3, 0.4) is 0 Å². The van der Waals surface area contributed by atoms with Gasteiger partial charge >= 0.3 is 5.97 Å². The average Bonchev–Trinajstić information content (AvgIpc) is 3.05. The Hall–Kier alpha value is -3.39. The molecule has 3 rings (SSSR count). The Morgan fingerprint density at radius 1 is 1.23 bits per heavy atom. The van der Waals surface area contributed by atoms with E-state index < -0.39 is 23.4 Å². The predicted octanol–water partition coefficient (Wildman–Crippen LogP) is 3.53. The molecule has 1 amide bonds. The molecule has 0 aliphatic carbocycles. The third-order valence-corrected chi connectivity index (χ3v) is 3.89. The van der Waals surface area contributed by atoms with E-state index in [9.17, 15) is 19.7 Å². The van der Waals surface area contributed by atoms with E-state index in [1.54, 1.807) is 12.1 Å². The van der Waals surface area contributed by atoms with Crippen LogP contribution in [-0.4, -0.2) is 28.4 Å². The number of rotatable bonds is 5. The number of nitro benzene ring substituents is 1. The summed E-state index contributed by atoms with van der Waals surface area (Å²) in [6, 6.07) is 10.8. The Bertz CT molecular complexity index is 1010. The first-order valence-corrected chi connectivity index (χ1v) is 7.80. The zero-order chi connectivity index (χ0) is 18.7. The Kier molecular flexibility index (Phi) is 4.85. The van der Waals surface area contributed by atoms with Gasteiger partial charge in [0.15, 0.2) is 6.61 Å². The number of benzene rings is 2. The molecule has 0 spiro atoms. The SMILES string of the molecule is O=C(COC(=O)c1c[nH]c2ccccc12)Nc1ccc([N+](=O)[O-])cc1Cl. The summed E-state index contributed by atoms with van der Waals surface area (Å²) in [5.74, 6) is -1.26. The number of para-hydroxylation sites is 1. The van der Waals surface area contributed by atoms with Crippen molar-refractivity contribution in [2.24, 2.45) is 0 Å². The summed E-state index contributed by atoms with van der Waals surface area (Å²) in [5.41, 5.74) is 1.09. The van der Waals surface area contributed by atoms with Gasteiger partial charge in [-0.05, 0) is 12.1 Å². The molecule has 1 heterocycles. The zero-order valence-corrected chi connectivity index (χ0v) is 13.9. The van der Waals surface area contributed by atoms with Crippen LogP contribution >= 0.6 is 11.6 Å². The van der Waals surface area contributed by atoms with Gasteiger partial charge in [0.25, 0.3) is 11.6 Å². The van der Waals surface area contributed by atoms with E-state index in [0.29, 0.717) is 10.9 Å². The van der Waals surface area contributed by atoms with Crippen LogP contribution in [0.2, 0.25) is 5.02 Å². The summed E-state index contributed by atoms with van der Waals surface area (Å²) < 4.78 is 5.01. The van der Waals surface area contributed by atoms with Crippen LogP contribution in [0.25, 0.3) is 10.9 Å². The number of hydrogen-bond acceptors (Lipinski definition) is 5. The molecule has 9 heteroatoms. The van der Waals surface area contributed by atoms with E-state index in [2.05, 4.69) is 10.3 Å². The molecule has 0 unspecified atom stereocenters. The number of nitro groups is 1. The van der Waals surface area contributed by atoms with Crippen molar-refractivity contribution in [1.29, 1.82) is 0 Å². The molecule has 2 N–H and O–H groups in total. The van der Waals surface area contributed by atoms with Gasteiger partial charge in [0, 0.05) is 29.2 Å². The summed E-state index contributed by atoms with van der Waals surface area (Å²) in [6.45, 7) is -0.522. The van der Waals surface area contributed by atoms with Crippen molar-refractivity contribution < 1.29 is 19.2 Å². The summed E-state index contributed by atoms with van der Waals surface area (Å²) in [4.78, 5) is 37.1. The van der Waals surface area contributed by atoms with Crippen LogP contribution in [0.5, 0.6) is 0 Å². The minimum Gasteiger partial charge on any atom is -0.452 e. The van der Waals surface area contributed by atoms with Crippen molar-refractivity contribution in [3.8, 4) is 0 Å². The highest BCUT2D eigenvalue weighted by Gasteiger charge is 2.16. The second kappa shape index (κ2) is 7.24. The number of anilines is 1. The van der Waals surface area contributed by atoms with Crippen molar-refractivity contribution >= 4 is 45.8 Å². The molecule has 0 atom stereocenters. The van der Waals surface area contributed by atoms with Crippen molar-refractivity contribution in [3.05, 3.63) is 69.4 Å². The minimum atomic E-state index is -0.646. The smallest absolute Gasteiger partial charge is 0.340 e. The first-order chi connectivity index (χ1) is 12.5. The molecule has 0 aliphatic heterocycles. The third-order valence-electron chi connectivity index (χ3n) is 3.58. The van der Waals surface area contributed by atoms with Gasteiger partial charge in [0.2, 0.25) is 0 Å². The monoisotopic (exact) mass is 373 g/mol. The zero-order valence-electron chi connectivity index (χ0n) is 13.2. The molecule has 0 radical (unpaired) electrons. The van der Waals surface area contributed by atoms with E-state index in [1.165, 1.54) is 18.3 Å². The molecule has 0 fully saturated rings. The molecule has 132 valence electrons. The fourth-order valence-corrected chi connectivity index (χ4v) is 2.58. The molecule has 0 aliphatic rings. The highest BCUT2D eigenvalue weighted by molar-refractivity contribution is 6.34. The van der Waals surface area contributed by atoms with Crippen LogP contribution in [0.15, 0.2) is 48.7 Å². The van der Waals surface area contributed by atoms with Crippen LogP contribution in [0, 0.1) is 10.1 Å². The minimum absolute atomic E-state index is 0.00973. The Balaban J connectivity index is 1.62. The van der Waals surface area contributed by atoms with Crippen LogP contribution in [0.4, 0.5) is 11.4 Å². The fraction of sp³-hybridized carbons (Fsp3) is 0.0588. The van der Waals surface area contributed by atoms with Gasteiger partial charge in [-0.25, -0.2) is 4.79 Å². The summed E-state index contributed by atoms with van der Waals surface area (Å²) >= 11 is 5.90. The summed E-state index contributed by atoms with van der Waals surface area (Å²) in [6.07, 6.45) is 1.51. The lowest BCUT2D eigenvalue weighted by Crippen LogP contribution is -2.21. The van der Waals surface area contributed by atoms with Gasteiger partial charge in [0.1, 0.15) is 0 Å². The molecule has 8 nitrogen and oxygen atoms in total. The number of non-ortho nitro benzene ring substituents is 1. The number of H-pyrrole nitrogens is 1. The van der Waals surface area contributed by atoms with E-state index >= 15 is 0 Å². The number of nitrogens with one attached hydrogen (secondary N) is 2. The normalized spacial score (nSPS) is 10.5. The number of aromatic amines is 1. The van der Waals surface area contributed by atoms with E-state index in [4.69, 9.17) is 16.3 Å². The standard InChI is InChI=1S/C17H12ClN3O5/c18-13-7-10(21(24)25)5-6-15(13)20-16(22)9-26-17(23)12-8-19-14-4-2-1-3-11(12)14/h1-8,19H,9H2,(H,20,22). The largest absolute Gasteiger partial charge is 0.452 e. The maximum Gasteiger partial charge on any atom is 0.340 e. The second-order valence-electron chi connectivity index (χ2n) is 5.29. The van der Waals surface area contributed by atoms with E-state index in [-0.39, 0.29) is 16.4 Å². The lowest BCUT2D eigenvalue weighted by molar-refractivity contribution is -0.384. The van der Waals surface area contributed by atoms with Crippen LogP contribution in [-0.2, 0) is 9.53 Å². The molecule has 3 aromatic rings.